The van der Waals surface area contributed by atoms with E-state index in [1.807, 2.05) is 24.3 Å². The molecule has 0 spiro atoms. The summed E-state index contributed by atoms with van der Waals surface area (Å²) < 4.78 is 5.22. The lowest BCUT2D eigenvalue weighted by molar-refractivity contribution is 0.0794. The number of ether oxygens (including phenoxy) is 1. The largest absolute Gasteiger partial charge is 0.497 e. The molecule has 3 rings (SSSR count). The molecule has 0 saturated heterocycles. The molecular weight excluding hydrogens is 276 g/mol. The number of fused-ring (bicyclic) bond motifs is 1. The van der Waals surface area contributed by atoms with Crippen LogP contribution < -0.4 is 4.74 Å². The predicted octanol–water partition coefficient (Wildman–Crippen LogP) is 3.39. The van der Waals surface area contributed by atoms with Crippen LogP contribution in [0.25, 0.3) is 6.08 Å². The number of rotatable bonds is 2. The minimum absolute atomic E-state index is 0.197. The Labute approximate surface area is 128 Å². The van der Waals surface area contributed by atoms with Gasteiger partial charge in [-0.1, -0.05) is 24.3 Å². The number of hydrogen-bond donors (Lipinski definition) is 0. The molecule has 0 N–H and O–H groups in total. The zero-order chi connectivity index (χ0) is 15.5. The molecule has 1 atom stereocenters. The Kier molecular flexibility index (Phi) is 3.63. The number of hydrogen-bond acceptors (Lipinski definition) is 3. The molecule has 1 unspecified atom stereocenters. The summed E-state index contributed by atoms with van der Waals surface area (Å²) in [5, 5.41) is 9.55. The fourth-order valence-electron chi connectivity index (χ4n) is 2.51. The molecule has 4 heteroatoms. The summed E-state index contributed by atoms with van der Waals surface area (Å²) in [6, 6.07) is 16.0. The van der Waals surface area contributed by atoms with E-state index in [4.69, 9.17) is 4.74 Å². The standard InChI is InChI=1S/C18H14N2O2/c1-22-15-8-7-13-9-10-20(17(12-19)16(13)11-15)18(21)14-5-3-2-4-6-14/h2-11,17H,1H3. The van der Waals surface area contributed by atoms with E-state index in [0.29, 0.717) is 11.3 Å². The van der Waals surface area contributed by atoms with Crippen LogP contribution in [0.2, 0.25) is 0 Å². The van der Waals surface area contributed by atoms with E-state index >= 15 is 0 Å². The number of amides is 1. The number of carbonyl (C=O) groups is 1. The summed E-state index contributed by atoms with van der Waals surface area (Å²) in [4.78, 5) is 14.1. The van der Waals surface area contributed by atoms with Gasteiger partial charge < -0.3 is 4.74 Å². The smallest absolute Gasteiger partial charge is 0.259 e. The molecule has 4 nitrogen and oxygen atoms in total. The van der Waals surface area contributed by atoms with Crippen molar-refractivity contribution in [3.8, 4) is 11.8 Å². The fraction of sp³-hybridized carbons (Fsp3) is 0.111. The molecule has 0 fully saturated rings. The van der Waals surface area contributed by atoms with Gasteiger partial charge in [0.15, 0.2) is 0 Å². The first-order chi connectivity index (χ1) is 10.7. The second-order valence-electron chi connectivity index (χ2n) is 4.92. The molecule has 1 aliphatic heterocycles. The third-order valence-electron chi connectivity index (χ3n) is 3.66. The zero-order valence-corrected chi connectivity index (χ0v) is 12.1. The summed E-state index contributed by atoms with van der Waals surface area (Å²) in [5.41, 5.74) is 2.25. The number of benzene rings is 2. The van der Waals surface area contributed by atoms with Crippen molar-refractivity contribution in [2.24, 2.45) is 0 Å². The Balaban J connectivity index is 2.01. The van der Waals surface area contributed by atoms with Crippen molar-refractivity contribution in [2.45, 2.75) is 6.04 Å². The summed E-state index contributed by atoms with van der Waals surface area (Å²) >= 11 is 0. The van der Waals surface area contributed by atoms with Gasteiger partial charge in [-0.15, -0.1) is 0 Å². The summed E-state index contributed by atoms with van der Waals surface area (Å²) in [6.45, 7) is 0. The molecule has 22 heavy (non-hydrogen) atoms. The molecule has 2 aromatic rings. The number of nitrogens with zero attached hydrogens (tertiary/aromatic N) is 2. The van der Waals surface area contributed by atoms with Gasteiger partial charge in [-0.25, -0.2) is 0 Å². The Morgan fingerprint density at radius 1 is 1.23 bits per heavy atom. The van der Waals surface area contributed by atoms with Crippen LogP contribution in [-0.2, 0) is 0 Å². The van der Waals surface area contributed by atoms with Gasteiger partial charge in [0, 0.05) is 17.3 Å². The Hall–Kier alpha value is -3.06. The lowest BCUT2D eigenvalue weighted by atomic mass is 9.96. The van der Waals surface area contributed by atoms with E-state index in [9.17, 15) is 10.1 Å². The minimum atomic E-state index is -0.664. The van der Waals surface area contributed by atoms with Crippen LogP contribution in [0, 0.1) is 11.3 Å². The van der Waals surface area contributed by atoms with E-state index < -0.39 is 6.04 Å². The first-order valence-electron chi connectivity index (χ1n) is 6.88. The molecule has 1 aliphatic rings. The van der Waals surface area contributed by atoms with Crippen molar-refractivity contribution in [3.05, 3.63) is 71.4 Å². The minimum Gasteiger partial charge on any atom is -0.497 e. The van der Waals surface area contributed by atoms with Gasteiger partial charge in [0.25, 0.3) is 5.91 Å². The van der Waals surface area contributed by atoms with E-state index in [-0.39, 0.29) is 5.91 Å². The second kappa shape index (κ2) is 5.74. The quantitative estimate of drug-likeness (QED) is 0.852. The van der Waals surface area contributed by atoms with Crippen molar-refractivity contribution in [2.75, 3.05) is 7.11 Å². The lowest BCUT2D eigenvalue weighted by Gasteiger charge is -2.29. The Morgan fingerprint density at radius 3 is 2.68 bits per heavy atom. The monoisotopic (exact) mass is 290 g/mol. The normalized spacial score (nSPS) is 15.8. The van der Waals surface area contributed by atoms with Crippen LogP contribution in [0.5, 0.6) is 5.75 Å². The number of methoxy groups -OCH3 is 1. The summed E-state index contributed by atoms with van der Waals surface area (Å²) in [7, 11) is 1.58. The van der Waals surface area contributed by atoms with Crippen LogP contribution in [0.4, 0.5) is 0 Å². The third-order valence-corrected chi connectivity index (χ3v) is 3.66. The molecule has 0 radical (unpaired) electrons. The molecule has 0 aromatic heterocycles. The van der Waals surface area contributed by atoms with Gasteiger partial charge >= 0.3 is 0 Å². The maximum atomic E-state index is 12.6. The van der Waals surface area contributed by atoms with Crippen molar-refractivity contribution in [1.82, 2.24) is 4.90 Å². The van der Waals surface area contributed by atoms with Gasteiger partial charge in [-0.05, 0) is 35.9 Å². The van der Waals surface area contributed by atoms with Gasteiger partial charge in [0.1, 0.15) is 11.8 Å². The second-order valence-corrected chi connectivity index (χ2v) is 4.92. The van der Waals surface area contributed by atoms with Crippen molar-refractivity contribution in [3.63, 3.8) is 0 Å². The molecule has 0 saturated carbocycles. The molecule has 0 aliphatic carbocycles. The topological polar surface area (TPSA) is 53.3 Å². The molecular formula is C18H14N2O2. The van der Waals surface area contributed by atoms with Gasteiger partial charge in [-0.3, -0.25) is 9.69 Å². The average molecular weight is 290 g/mol. The van der Waals surface area contributed by atoms with E-state index in [1.165, 1.54) is 4.90 Å². The molecule has 108 valence electrons. The maximum Gasteiger partial charge on any atom is 0.259 e. The highest BCUT2D eigenvalue weighted by atomic mass is 16.5. The van der Waals surface area contributed by atoms with Crippen LogP contribution in [-0.4, -0.2) is 17.9 Å². The van der Waals surface area contributed by atoms with Crippen LogP contribution >= 0.6 is 0 Å². The third kappa shape index (κ3) is 2.33. The number of carbonyl (C=O) groups excluding carboxylic acids is 1. The van der Waals surface area contributed by atoms with E-state index in [2.05, 4.69) is 6.07 Å². The Morgan fingerprint density at radius 2 is 2.00 bits per heavy atom. The van der Waals surface area contributed by atoms with Crippen molar-refractivity contribution in [1.29, 1.82) is 5.26 Å². The first kappa shape index (κ1) is 13.9. The van der Waals surface area contributed by atoms with Gasteiger partial charge in [0.05, 0.1) is 13.2 Å². The van der Waals surface area contributed by atoms with Crippen LogP contribution in [0.1, 0.15) is 27.5 Å². The van der Waals surface area contributed by atoms with E-state index in [1.54, 1.807) is 43.6 Å². The van der Waals surface area contributed by atoms with Crippen molar-refractivity contribution < 1.29 is 9.53 Å². The molecule has 0 bridgehead atoms. The SMILES string of the molecule is COc1ccc2c(c1)C(C#N)N(C(=O)c1ccccc1)C=C2. The van der Waals surface area contributed by atoms with Gasteiger partial charge in [0.2, 0.25) is 0 Å². The molecule has 2 aromatic carbocycles. The maximum absolute atomic E-state index is 12.6. The van der Waals surface area contributed by atoms with E-state index in [0.717, 1.165) is 11.1 Å². The zero-order valence-electron chi connectivity index (χ0n) is 12.1. The summed E-state index contributed by atoms with van der Waals surface area (Å²) in [5.74, 6) is 0.471. The van der Waals surface area contributed by atoms with Crippen LogP contribution in [0.3, 0.4) is 0 Å². The highest BCUT2D eigenvalue weighted by Gasteiger charge is 2.29. The molecule has 1 amide bonds. The highest BCUT2D eigenvalue weighted by Crippen LogP contribution is 2.33. The number of nitriles is 1. The van der Waals surface area contributed by atoms with Crippen LogP contribution in [0.15, 0.2) is 54.7 Å². The van der Waals surface area contributed by atoms with Gasteiger partial charge in [-0.2, -0.15) is 5.26 Å². The fourth-order valence-corrected chi connectivity index (χ4v) is 2.51. The summed E-state index contributed by atoms with van der Waals surface area (Å²) in [6.07, 6.45) is 3.50. The molecule has 1 heterocycles. The lowest BCUT2D eigenvalue weighted by Crippen LogP contribution is -2.31. The van der Waals surface area contributed by atoms with Crippen molar-refractivity contribution >= 4 is 12.0 Å². The average Bonchev–Trinajstić information content (AvgIpc) is 2.60. The highest BCUT2D eigenvalue weighted by molar-refractivity contribution is 5.96. The Bertz CT molecular complexity index is 775. The predicted molar refractivity (Wildman–Crippen MR) is 83.0 cm³/mol. The first-order valence-corrected chi connectivity index (χ1v) is 6.88.